The number of ether oxygens (including phenoxy) is 1. The van der Waals surface area contributed by atoms with Crippen molar-refractivity contribution in [2.24, 2.45) is 0 Å². The third-order valence-corrected chi connectivity index (χ3v) is 2.95. The van der Waals surface area contributed by atoms with Gasteiger partial charge in [-0.2, -0.15) is 0 Å². The summed E-state index contributed by atoms with van der Waals surface area (Å²) in [4.78, 5) is 8.88. The smallest absolute Gasteiger partial charge is 0.160 e. The third kappa shape index (κ3) is 2.15. The predicted molar refractivity (Wildman–Crippen MR) is 68.3 cm³/mol. The van der Waals surface area contributed by atoms with Crippen molar-refractivity contribution in [1.82, 2.24) is 14.5 Å². The Morgan fingerprint density at radius 1 is 1.47 bits per heavy atom. The first-order chi connectivity index (χ1) is 8.10. The summed E-state index contributed by atoms with van der Waals surface area (Å²) in [5.41, 5.74) is 1.50. The van der Waals surface area contributed by atoms with E-state index in [1.165, 1.54) is 0 Å². The predicted octanol–water partition coefficient (Wildman–Crippen LogP) is 2.55. The minimum absolute atomic E-state index is 0.220. The van der Waals surface area contributed by atoms with Crippen molar-refractivity contribution in [3.63, 3.8) is 0 Å². The van der Waals surface area contributed by atoms with Gasteiger partial charge in [-0.05, 0) is 26.0 Å². The molecular weight excluding hydrogens is 238 g/mol. The van der Waals surface area contributed by atoms with Crippen LogP contribution in [0.15, 0.2) is 18.3 Å². The van der Waals surface area contributed by atoms with Gasteiger partial charge in [-0.15, -0.1) is 11.6 Å². The summed E-state index contributed by atoms with van der Waals surface area (Å²) in [6, 6.07) is 3.82. The molecular formula is C12H16ClN3O. The number of methoxy groups -OCH3 is 1. The summed E-state index contributed by atoms with van der Waals surface area (Å²) in [5.74, 6) is 1.19. The van der Waals surface area contributed by atoms with Gasteiger partial charge in [0.1, 0.15) is 11.3 Å². The standard InChI is InChI=1S/C12H16ClN3O/c1-12(2,8-17-3)16-10(7-13)15-9-5-4-6-14-11(9)16/h4-6H,7-8H2,1-3H3. The van der Waals surface area contributed by atoms with E-state index in [0.717, 1.165) is 17.0 Å². The molecule has 0 aliphatic rings. The molecule has 0 spiro atoms. The molecule has 2 rings (SSSR count). The average Bonchev–Trinajstić information content (AvgIpc) is 2.67. The monoisotopic (exact) mass is 253 g/mol. The zero-order chi connectivity index (χ0) is 12.5. The normalized spacial score (nSPS) is 12.2. The molecule has 0 fully saturated rings. The van der Waals surface area contributed by atoms with Crippen LogP contribution >= 0.6 is 11.6 Å². The maximum Gasteiger partial charge on any atom is 0.160 e. The van der Waals surface area contributed by atoms with Crippen molar-refractivity contribution in [2.45, 2.75) is 25.3 Å². The fourth-order valence-electron chi connectivity index (χ4n) is 2.10. The van der Waals surface area contributed by atoms with Crippen molar-refractivity contribution < 1.29 is 4.74 Å². The summed E-state index contributed by atoms with van der Waals surface area (Å²) < 4.78 is 7.31. The molecule has 0 bridgehead atoms. The van der Waals surface area contributed by atoms with E-state index in [2.05, 4.69) is 28.4 Å². The molecule has 0 N–H and O–H groups in total. The first-order valence-corrected chi connectivity index (χ1v) is 6.01. The van der Waals surface area contributed by atoms with Crippen LogP contribution in [-0.4, -0.2) is 28.3 Å². The lowest BCUT2D eigenvalue weighted by atomic mass is 10.1. The van der Waals surface area contributed by atoms with Crippen LogP contribution in [0.3, 0.4) is 0 Å². The van der Waals surface area contributed by atoms with Crippen molar-refractivity contribution in [2.75, 3.05) is 13.7 Å². The van der Waals surface area contributed by atoms with Crippen LogP contribution in [0.1, 0.15) is 19.7 Å². The second kappa shape index (κ2) is 4.63. The van der Waals surface area contributed by atoms with Gasteiger partial charge in [-0.25, -0.2) is 9.97 Å². The van der Waals surface area contributed by atoms with Gasteiger partial charge in [-0.3, -0.25) is 0 Å². The van der Waals surface area contributed by atoms with E-state index in [1.807, 2.05) is 12.1 Å². The quantitative estimate of drug-likeness (QED) is 0.787. The Bertz CT molecular complexity index is 521. The Morgan fingerprint density at radius 3 is 2.88 bits per heavy atom. The van der Waals surface area contributed by atoms with Crippen molar-refractivity contribution in [3.8, 4) is 0 Å². The fourth-order valence-corrected chi connectivity index (χ4v) is 2.28. The van der Waals surface area contributed by atoms with Crippen LogP contribution in [0.5, 0.6) is 0 Å². The molecule has 17 heavy (non-hydrogen) atoms. The highest BCUT2D eigenvalue weighted by atomic mass is 35.5. The van der Waals surface area contributed by atoms with Gasteiger partial charge in [-0.1, -0.05) is 0 Å². The van der Waals surface area contributed by atoms with Crippen molar-refractivity contribution >= 4 is 22.8 Å². The van der Waals surface area contributed by atoms with Gasteiger partial charge in [0.2, 0.25) is 0 Å². The molecule has 0 unspecified atom stereocenters. The molecule has 0 aliphatic carbocycles. The van der Waals surface area contributed by atoms with Gasteiger partial charge in [0, 0.05) is 13.3 Å². The molecule has 2 aromatic rings. The SMILES string of the molecule is COCC(C)(C)n1c(CCl)nc2cccnc21. The molecule has 0 aliphatic heterocycles. The zero-order valence-corrected chi connectivity index (χ0v) is 11.0. The Labute approximate surface area is 106 Å². The summed E-state index contributed by atoms with van der Waals surface area (Å²) in [5, 5.41) is 0. The second-order valence-corrected chi connectivity index (χ2v) is 4.86. The topological polar surface area (TPSA) is 39.9 Å². The number of fused-ring (bicyclic) bond motifs is 1. The van der Waals surface area contributed by atoms with Crippen molar-refractivity contribution in [1.29, 1.82) is 0 Å². The maximum atomic E-state index is 5.96. The van der Waals surface area contributed by atoms with Crippen LogP contribution in [0.4, 0.5) is 0 Å². The molecule has 4 nitrogen and oxygen atoms in total. The van der Waals surface area contributed by atoms with Crippen LogP contribution in [-0.2, 0) is 16.2 Å². The molecule has 0 saturated carbocycles. The number of imidazole rings is 1. The summed E-state index contributed by atoms with van der Waals surface area (Å²) >= 11 is 5.96. The number of hydrogen-bond donors (Lipinski definition) is 0. The van der Waals surface area contributed by atoms with E-state index < -0.39 is 0 Å². The van der Waals surface area contributed by atoms with Crippen LogP contribution < -0.4 is 0 Å². The minimum atomic E-state index is -0.220. The van der Waals surface area contributed by atoms with E-state index in [-0.39, 0.29) is 5.54 Å². The van der Waals surface area contributed by atoms with Crippen LogP contribution in [0.2, 0.25) is 0 Å². The summed E-state index contributed by atoms with van der Waals surface area (Å²) in [6.07, 6.45) is 1.77. The first-order valence-electron chi connectivity index (χ1n) is 5.48. The highest BCUT2D eigenvalue weighted by molar-refractivity contribution is 6.16. The third-order valence-electron chi connectivity index (χ3n) is 2.71. The molecule has 2 aromatic heterocycles. The van der Waals surface area contributed by atoms with Gasteiger partial charge in [0.15, 0.2) is 5.65 Å². The van der Waals surface area contributed by atoms with Gasteiger partial charge >= 0.3 is 0 Å². The van der Waals surface area contributed by atoms with Gasteiger partial charge in [0.25, 0.3) is 0 Å². The molecule has 0 radical (unpaired) electrons. The number of hydrogen-bond acceptors (Lipinski definition) is 3. The Morgan fingerprint density at radius 2 is 2.24 bits per heavy atom. The lowest BCUT2D eigenvalue weighted by Gasteiger charge is -2.27. The molecule has 0 saturated heterocycles. The van der Waals surface area contributed by atoms with E-state index in [9.17, 15) is 0 Å². The number of nitrogens with zero attached hydrogens (tertiary/aromatic N) is 3. The van der Waals surface area contributed by atoms with Gasteiger partial charge in [0.05, 0.1) is 18.0 Å². The number of aromatic nitrogens is 3. The van der Waals surface area contributed by atoms with E-state index >= 15 is 0 Å². The molecule has 0 amide bonds. The van der Waals surface area contributed by atoms with E-state index in [1.54, 1.807) is 13.3 Å². The Hall–Kier alpha value is -1.13. The lowest BCUT2D eigenvalue weighted by molar-refractivity contribution is 0.110. The summed E-state index contributed by atoms with van der Waals surface area (Å²) in [7, 11) is 1.69. The van der Waals surface area contributed by atoms with Crippen LogP contribution in [0.25, 0.3) is 11.2 Å². The number of rotatable bonds is 4. The molecule has 92 valence electrons. The fraction of sp³-hybridized carbons (Fsp3) is 0.500. The highest BCUT2D eigenvalue weighted by Gasteiger charge is 2.26. The highest BCUT2D eigenvalue weighted by Crippen LogP contribution is 2.25. The second-order valence-electron chi connectivity index (χ2n) is 4.59. The largest absolute Gasteiger partial charge is 0.382 e. The number of halogens is 1. The summed E-state index contributed by atoms with van der Waals surface area (Å²) in [6.45, 7) is 4.75. The Kier molecular flexibility index (Phi) is 3.35. The number of pyridine rings is 1. The van der Waals surface area contributed by atoms with E-state index in [4.69, 9.17) is 16.3 Å². The van der Waals surface area contributed by atoms with Gasteiger partial charge < -0.3 is 9.30 Å². The first kappa shape index (κ1) is 12.3. The molecule has 0 atom stereocenters. The maximum absolute atomic E-state index is 5.96. The zero-order valence-electron chi connectivity index (χ0n) is 10.3. The van der Waals surface area contributed by atoms with Crippen molar-refractivity contribution in [3.05, 3.63) is 24.2 Å². The van der Waals surface area contributed by atoms with Crippen LogP contribution in [0, 0.1) is 0 Å². The lowest BCUT2D eigenvalue weighted by Crippen LogP contribution is -2.33. The number of alkyl halides is 1. The van der Waals surface area contributed by atoms with E-state index in [0.29, 0.717) is 12.5 Å². The minimum Gasteiger partial charge on any atom is -0.382 e. The molecule has 5 heteroatoms. The average molecular weight is 254 g/mol. The Balaban J connectivity index is 2.65. The molecule has 0 aromatic carbocycles. The molecule has 2 heterocycles.